The summed E-state index contributed by atoms with van der Waals surface area (Å²) in [7, 11) is 0. The number of rotatable bonds is 5. The monoisotopic (exact) mass is 236 g/mol. The molecule has 90 valence electrons. The summed E-state index contributed by atoms with van der Waals surface area (Å²) in [5.41, 5.74) is 0.0649. The van der Waals surface area contributed by atoms with E-state index in [2.05, 4.69) is 21.5 Å². The number of aliphatic carboxylic acids is 1. The second kappa shape index (κ2) is 5.65. The van der Waals surface area contributed by atoms with Crippen LogP contribution in [0.1, 0.15) is 23.8 Å². The number of hydrogen-bond acceptors (Lipinski definition) is 4. The van der Waals surface area contributed by atoms with Gasteiger partial charge >= 0.3 is 5.97 Å². The van der Waals surface area contributed by atoms with Crippen molar-refractivity contribution in [2.75, 3.05) is 0 Å². The van der Waals surface area contributed by atoms with E-state index in [-0.39, 0.29) is 18.3 Å². The van der Waals surface area contributed by atoms with Crippen molar-refractivity contribution in [3.05, 3.63) is 11.9 Å². The summed E-state index contributed by atoms with van der Waals surface area (Å²) in [5, 5.41) is 18.2. The average Bonchev–Trinajstić information content (AvgIpc) is 2.65. The Kier molecular flexibility index (Phi) is 4.22. The molecule has 17 heavy (non-hydrogen) atoms. The fourth-order valence-electron chi connectivity index (χ4n) is 1.14. The second-order valence-corrected chi connectivity index (χ2v) is 3.48. The van der Waals surface area contributed by atoms with Crippen molar-refractivity contribution in [1.29, 1.82) is 0 Å². The van der Waals surface area contributed by atoms with Crippen molar-refractivity contribution in [2.45, 2.75) is 25.9 Å². The number of nitrogens with one attached hydrogen (secondary N) is 1. The number of carbonyl (C=O) groups is 2. The van der Waals surface area contributed by atoms with Crippen LogP contribution >= 0.6 is 0 Å². The van der Waals surface area contributed by atoms with E-state index < -0.39 is 11.9 Å². The van der Waals surface area contributed by atoms with E-state index in [1.54, 1.807) is 6.92 Å². The number of carboxylic acids is 1. The maximum Gasteiger partial charge on any atom is 0.325 e. The van der Waals surface area contributed by atoms with Crippen molar-refractivity contribution >= 4 is 11.9 Å². The number of carboxylic acid groups (broad SMARTS) is 1. The van der Waals surface area contributed by atoms with E-state index in [1.165, 1.54) is 6.20 Å². The first-order valence-electron chi connectivity index (χ1n) is 4.89. The normalized spacial score (nSPS) is 11.5. The fourth-order valence-corrected chi connectivity index (χ4v) is 1.14. The Morgan fingerprint density at radius 3 is 3.00 bits per heavy atom. The topological polar surface area (TPSA) is 97.1 Å². The molecule has 7 nitrogen and oxygen atoms in total. The largest absolute Gasteiger partial charge is 0.480 e. The first-order valence-corrected chi connectivity index (χ1v) is 4.89. The molecule has 1 aromatic heterocycles. The Morgan fingerprint density at radius 1 is 1.71 bits per heavy atom. The Balaban J connectivity index is 2.61. The van der Waals surface area contributed by atoms with E-state index in [4.69, 9.17) is 11.5 Å². The molecule has 2 N–H and O–H groups in total. The van der Waals surface area contributed by atoms with Crippen LogP contribution in [0.15, 0.2) is 6.20 Å². The summed E-state index contributed by atoms with van der Waals surface area (Å²) in [6.45, 7) is 1.43. The molecule has 0 aromatic carbocycles. The lowest BCUT2D eigenvalue weighted by molar-refractivity contribution is -0.137. The van der Waals surface area contributed by atoms with Crippen LogP contribution in [0.25, 0.3) is 0 Å². The summed E-state index contributed by atoms with van der Waals surface area (Å²) < 4.78 is 1.07. The predicted octanol–water partition coefficient (Wildman–Crippen LogP) is -0.496. The average molecular weight is 236 g/mol. The molecule has 1 aromatic rings. The smallest absolute Gasteiger partial charge is 0.325 e. The van der Waals surface area contributed by atoms with Gasteiger partial charge in [0.15, 0.2) is 5.69 Å². The molecule has 0 aliphatic rings. The lowest BCUT2D eigenvalue weighted by Gasteiger charge is -2.08. The first kappa shape index (κ1) is 12.7. The maximum absolute atomic E-state index is 11.6. The van der Waals surface area contributed by atoms with Crippen molar-refractivity contribution in [3.8, 4) is 12.3 Å². The lowest BCUT2D eigenvalue weighted by Crippen LogP contribution is -2.32. The second-order valence-electron chi connectivity index (χ2n) is 3.48. The number of amides is 1. The molecule has 1 rings (SSSR count). The molecule has 1 heterocycles. The third-order valence-corrected chi connectivity index (χ3v) is 1.87. The van der Waals surface area contributed by atoms with Gasteiger partial charge in [-0.05, 0) is 6.92 Å². The molecule has 1 atom stereocenters. The van der Waals surface area contributed by atoms with Gasteiger partial charge in [0.05, 0.1) is 6.20 Å². The molecule has 0 fully saturated rings. The Labute approximate surface area is 97.8 Å². The molecule has 0 saturated carbocycles. The molecule has 0 aliphatic carbocycles. The van der Waals surface area contributed by atoms with E-state index >= 15 is 0 Å². The van der Waals surface area contributed by atoms with E-state index in [0.717, 1.165) is 4.68 Å². The standard InChI is InChI=1S/C10H12N4O3/c1-3-4-7(2)11-10(17)8-5-14(13-12-8)6-9(15)16/h1,5,7H,4,6H2,2H3,(H,11,17)(H,15,16). The van der Waals surface area contributed by atoms with Crippen LogP contribution in [-0.4, -0.2) is 38.0 Å². The van der Waals surface area contributed by atoms with Gasteiger partial charge in [-0.2, -0.15) is 0 Å². The molecule has 0 saturated heterocycles. The Bertz CT molecular complexity index is 460. The zero-order valence-corrected chi connectivity index (χ0v) is 9.25. The van der Waals surface area contributed by atoms with Crippen LogP contribution in [0.4, 0.5) is 0 Å². The molecule has 0 bridgehead atoms. The molecule has 7 heteroatoms. The van der Waals surface area contributed by atoms with Crippen LogP contribution < -0.4 is 5.32 Å². The summed E-state index contributed by atoms with van der Waals surface area (Å²) in [4.78, 5) is 22.0. The van der Waals surface area contributed by atoms with Crippen molar-refractivity contribution in [3.63, 3.8) is 0 Å². The molecule has 0 radical (unpaired) electrons. The number of terminal acetylenes is 1. The first-order chi connectivity index (χ1) is 8.02. The van der Waals surface area contributed by atoms with Gasteiger partial charge in [-0.25, -0.2) is 4.68 Å². The molecular formula is C10H12N4O3. The highest BCUT2D eigenvalue weighted by Gasteiger charge is 2.13. The van der Waals surface area contributed by atoms with Crippen LogP contribution in [0.5, 0.6) is 0 Å². The van der Waals surface area contributed by atoms with Crippen LogP contribution in [0.2, 0.25) is 0 Å². The third-order valence-electron chi connectivity index (χ3n) is 1.87. The molecule has 0 aliphatic heterocycles. The van der Waals surface area contributed by atoms with E-state index in [1.807, 2.05) is 0 Å². The highest BCUT2D eigenvalue weighted by molar-refractivity contribution is 5.92. The van der Waals surface area contributed by atoms with Gasteiger partial charge in [-0.15, -0.1) is 17.4 Å². The minimum Gasteiger partial charge on any atom is -0.480 e. The van der Waals surface area contributed by atoms with Crippen molar-refractivity contribution < 1.29 is 14.7 Å². The van der Waals surface area contributed by atoms with Gasteiger partial charge in [-0.3, -0.25) is 9.59 Å². The van der Waals surface area contributed by atoms with Gasteiger partial charge in [0, 0.05) is 12.5 Å². The quantitative estimate of drug-likeness (QED) is 0.672. The van der Waals surface area contributed by atoms with Gasteiger partial charge in [0.25, 0.3) is 5.91 Å². The third kappa shape index (κ3) is 3.95. The number of carbonyl (C=O) groups excluding carboxylic acids is 1. The van der Waals surface area contributed by atoms with Gasteiger partial charge in [-0.1, -0.05) is 5.21 Å². The molecular weight excluding hydrogens is 224 g/mol. The van der Waals surface area contributed by atoms with Crippen LogP contribution in [0.3, 0.4) is 0 Å². The minimum absolute atomic E-state index is 0.0649. The van der Waals surface area contributed by atoms with E-state index in [9.17, 15) is 9.59 Å². The summed E-state index contributed by atoms with van der Waals surface area (Å²) >= 11 is 0. The van der Waals surface area contributed by atoms with Gasteiger partial charge in [0.2, 0.25) is 0 Å². The summed E-state index contributed by atoms with van der Waals surface area (Å²) in [6, 6.07) is -0.169. The number of hydrogen-bond donors (Lipinski definition) is 2. The number of aromatic nitrogens is 3. The predicted molar refractivity (Wildman–Crippen MR) is 58.0 cm³/mol. The molecule has 0 spiro atoms. The van der Waals surface area contributed by atoms with Crippen molar-refractivity contribution in [2.24, 2.45) is 0 Å². The fraction of sp³-hybridized carbons (Fsp3) is 0.400. The van der Waals surface area contributed by atoms with E-state index in [0.29, 0.717) is 6.42 Å². The maximum atomic E-state index is 11.6. The van der Waals surface area contributed by atoms with Gasteiger partial charge < -0.3 is 10.4 Å². The Hall–Kier alpha value is -2.36. The molecule has 1 unspecified atom stereocenters. The molecule has 1 amide bonds. The number of nitrogens with zero attached hydrogens (tertiary/aromatic N) is 3. The summed E-state index contributed by atoms with van der Waals surface area (Å²) in [6.07, 6.45) is 6.79. The van der Waals surface area contributed by atoms with Crippen LogP contribution in [-0.2, 0) is 11.3 Å². The highest BCUT2D eigenvalue weighted by Crippen LogP contribution is 1.96. The van der Waals surface area contributed by atoms with Crippen molar-refractivity contribution in [1.82, 2.24) is 20.3 Å². The zero-order valence-electron chi connectivity index (χ0n) is 9.25. The highest BCUT2D eigenvalue weighted by atomic mass is 16.4. The minimum atomic E-state index is -1.05. The van der Waals surface area contributed by atoms with Gasteiger partial charge in [0.1, 0.15) is 6.54 Å². The lowest BCUT2D eigenvalue weighted by atomic mass is 10.2. The summed E-state index contributed by atoms with van der Waals surface area (Å²) in [5.74, 6) is 0.942. The van der Waals surface area contributed by atoms with Crippen LogP contribution in [0, 0.1) is 12.3 Å². The Morgan fingerprint density at radius 2 is 2.41 bits per heavy atom. The SMILES string of the molecule is C#CCC(C)NC(=O)c1cn(CC(=O)O)nn1. The zero-order chi connectivity index (χ0) is 12.8.